The molecule has 3 N–H and O–H groups in total. The van der Waals surface area contributed by atoms with Crippen LogP contribution in [-0.4, -0.2) is 33.4 Å². The van der Waals surface area contributed by atoms with Crippen molar-refractivity contribution in [2.24, 2.45) is 0 Å². The number of nitrogens with zero attached hydrogens (tertiary/aromatic N) is 3. The Morgan fingerprint density at radius 1 is 1.05 bits per heavy atom. The van der Waals surface area contributed by atoms with Crippen LogP contribution in [-0.2, 0) is 4.79 Å². The molecule has 2 aliphatic heterocycles. The van der Waals surface area contributed by atoms with Gasteiger partial charge in [0.1, 0.15) is 23.4 Å². The number of nitrogens with one attached hydrogen (secondary N) is 2. The van der Waals surface area contributed by atoms with Crippen LogP contribution in [0.2, 0.25) is 0 Å². The molecule has 0 saturated carbocycles. The molecule has 0 aliphatic carbocycles. The number of aromatic hydroxyl groups is 1. The maximum absolute atomic E-state index is 12.5. The van der Waals surface area contributed by atoms with Gasteiger partial charge in [0, 0.05) is 53.2 Å². The molecule has 0 radical (unpaired) electrons. The van der Waals surface area contributed by atoms with Crippen molar-refractivity contribution in [2.75, 3.05) is 22.1 Å². The summed E-state index contributed by atoms with van der Waals surface area (Å²) in [5, 5.41) is 15.7. The van der Waals surface area contributed by atoms with Gasteiger partial charge in [-0.1, -0.05) is 6.07 Å². The minimum Gasteiger partial charge on any atom is -0.508 e. The highest BCUT2D eigenvalue weighted by Gasteiger charge is 2.27. The number of ether oxygens (including phenoxy) is 1. The van der Waals surface area contributed by atoms with Gasteiger partial charge < -0.3 is 25.4 Å². The van der Waals surface area contributed by atoms with Crippen LogP contribution in [0, 0.1) is 0 Å². The Balaban J connectivity index is 1.21. The van der Waals surface area contributed by atoms with Gasteiger partial charge in [0.25, 0.3) is 5.91 Å². The van der Waals surface area contributed by atoms with Crippen molar-refractivity contribution >= 4 is 34.7 Å². The Hall–Kier alpha value is -4.92. The largest absolute Gasteiger partial charge is 0.508 e. The third-order valence-electron chi connectivity index (χ3n) is 6.69. The van der Waals surface area contributed by atoms with Gasteiger partial charge in [-0.3, -0.25) is 14.6 Å². The molecule has 6 rings (SSSR count). The van der Waals surface area contributed by atoms with E-state index >= 15 is 0 Å². The SMILES string of the molecule is CC1Oc2cc(N3CCCC3=O)ccc2-c2cnc(Nc3cncc(NC(=O)c4cccc(O)c4)c3)cc21. The van der Waals surface area contributed by atoms with Crippen molar-refractivity contribution in [3.63, 3.8) is 0 Å². The van der Waals surface area contributed by atoms with E-state index in [1.54, 1.807) is 30.6 Å². The quantitative estimate of drug-likeness (QED) is 0.330. The zero-order valence-electron chi connectivity index (χ0n) is 20.6. The number of hydrogen-bond donors (Lipinski definition) is 3. The minimum atomic E-state index is -0.353. The van der Waals surface area contributed by atoms with E-state index in [1.807, 2.05) is 42.3 Å². The Bertz CT molecular complexity index is 1570. The number of benzene rings is 2. The first-order valence-electron chi connectivity index (χ1n) is 12.4. The number of pyridine rings is 2. The van der Waals surface area contributed by atoms with Gasteiger partial charge in [0.2, 0.25) is 5.91 Å². The fourth-order valence-electron chi connectivity index (χ4n) is 4.85. The van der Waals surface area contributed by atoms with E-state index < -0.39 is 0 Å². The second-order valence-corrected chi connectivity index (χ2v) is 9.34. The Morgan fingerprint density at radius 3 is 2.74 bits per heavy atom. The average Bonchev–Trinajstić information content (AvgIpc) is 3.34. The summed E-state index contributed by atoms with van der Waals surface area (Å²) in [4.78, 5) is 35.3. The van der Waals surface area contributed by atoms with Gasteiger partial charge in [-0.2, -0.15) is 0 Å². The van der Waals surface area contributed by atoms with E-state index in [-0.39, 0.29) is 23.7 Å². The van der Waals surface area contributed by atoms with E-state index in [1.165, 1.54) is 12.1 Å². The summed E-state index contributed by atoms with van der Waals surface area (Å²) in [5.41, 5.74) is 5.25. The first kappa shape index (κ1) is 23.5. The number of carbonyl (C=O) groups is 2. The molecule has 38 heavy (non-hydrogen) atoms. The lowest BCUT2D eigenvalue weighted by Gasteiger charge is -2.28. The van der Waals surface area contributed by atoms with Crippen LogP contribution < -0.4 is 20.3 Å². The molecule has 4 aromatic rings. The van der Waals surface area contributed by atoms with Crippen LogP contribution in [0.15, 0.2) is 73.2 Å². The van der Waals surface area contributed by atoms with E-state index in [0.29, 0.717) is 29.2 Å². The summed E-state index contributed by atoms with van der Waals surface area (Å²) in [5.74, 6) is 1.16. The van der Waals surface area contributed by atoms with Crippen LogP contribution in [0.1, 0.15) is 41.8 Å². The molecule has 2 aromatic heterocycles. The molecule has 190 valence electrons. The van der Waals surface area contributed by atoms with Crippen LogP contribution in [0.4, 0.5) is 22.9 Å². The van der Waals surface area contributed by atoms with Crippen molar-refractivity contribution in [3.05, 3.63) is 84.3 Å². The fraction of sp³-hybridized carbons (Fsp3) is 0.172. The third kappa shape index (κ3) is 4.50. The van der Waals surface area contributed by atoms with E-state index in [9.17, 15) is 14.7 Å². The molecule has 2 aliphatic rings. The molecule has 0 bridgehead atoms. The second kappa shape index (κ2) is 9.51. The second-order valence-electron chi connectivity index (χ2n) is 9.34. The zero-order valence-corrected chi connectivity index (χ0v) is 20.6. The van der Waals surface area contributed by atoms with Crippen molar-refractivity contribution in [3.8, 4) is 22.6 Å². The van der Waals surface area contributed by atoms with Crippen LogP contribution in [0.3, 0.4) is 0 Å². The first-order chi connectivity index (χ1) is 18.4. The number of phenols is 1. The molecule has 1 saturated heterocycles. The van der Waals surface area contributed by atoms with Crippen LogP contribution in [0.25, 0.3) is 11.1 Å². The highest BCUT2D eigenvalue weighted by atomic mass is 16.5. The van der Waals surface area contributed by atoms with E-state index in [0.717, 1.165) is 41.1 Å². The number of phenolic OH excluding ortho intramolecular Hbond substituents is 1. The summed E-state index contributed by atoms with van der Waals surface area (Å²) in [6, 6.07) is 15.7. The molecule has 9 nitrogen and oxygen atoms in total. The van der Waals surface area contributed by atoms with Crippen molar-refractivity contribution in [1.82, 2.24) is 9.97 Å². The number of rotatable bonds is 5. The maximum Gasteiger partial charge on any atom is 0.255 e. The molecule has 9 heteroatoms. The zero-order chi connectivity index (χ0) is 26.2. The van der Waals surface area contributed by atoms with E-state index in [2.05, 4.69) is 20.6 Å². The standard InChI is InChI=1S/C29H25N5O4/c1-17-24-13-27(32-19-11-20(15-30-14-19)33-29(37)18-4-2-5-22(35)10-18)31-16-25(24)23-8-7-21(12-26(23)38-17)34-9-3-6-28(34)36/h2,4-5,7-8,10-17,35H,3,6,9H2,1H3,(H,31,32)(H,33,37). The molecule has 1 fully saturated rings. The summed E-state index contributed by atoms with van der Waals surface area (Å²) < 4.78 is 6.24. The van der Waals surface area contributed by atoms with Gasteiger partial charge in [-0.25, -0.2) is 4.98 Å². The Morgan fingerprint density at radius 2 is 1.92 bits per heavy atom. The molecule has 2 amide bonds. The van der Waals surface area contributed by atoms with Crippen molar-refractivity contribution in [1.29, 1.82) is 0 Å². The highest BCUT2D eigenvalue weighted by molar-refractivity contribution is 6.04. The van der Waals surface area contributed by atoms with Gasteiger partial charge in [-0.15, -0.1) is 0 Å². The van der Waals surface area contributed by atoms with Gasteiger partial charge in [0.05, 0.1) is 23.8 Å². The van der Waals surface area contributed by atoms with Gasteiger partial charge in [0.15, 0.2) is 0 Å². The molecule has 1 atom stereocenters. The first-order valence-corrected chi connectivity index (χ1v) is 12.4. The Kier molecular flexibility index (Phi) is 5.88. The molecule has 4 heterocycles. The lowest BCUT2D eigenvalue weighted by Crippen LogP contribution is -2.24. The normalized spacial score (nSPS) is 15.9. The average molecular weight is 508 g/mol. The van der Waals surface area contributed by atoms with Gasteiger partial charge >= 0.3 is 0 Å². The summed E-state index contributed by atoms with van der Waals surface area (Å²) in [6.45, 7) is 2.72. The van der Waals surface area contributed by atoms with E-state index in [4.69, 9.17) is 4.74 Å². The minimum absolute atomic E-state index is 0.0210. The number of amides is 2. The lowest BCUT2D eigenvalue weighted by molar-refractivity contribution is -0.117. The van der Waals surface area contributed by atoms with Crippen molar-refractivity contribution in [2.45, 2.75) is 25.9 Å². The smallest absolute Gasteiger partial charge is 0.255 e. The third-order valence-corrected chi connectivity index (χ3v) is 6.69. The molecule has 0 spiro atoms. The number of hydrogen-bond acceptors (Lipinski definition) is 7. The fourth-order valence-corrected chi connectivity index (χ4v) is 4.85. The number of anilines is 4. The van der Waals surface area contributed by atoms with Crippen LogP contribution in [0.5, 0.6) is 11.5 Å². The Labute approximate surface area is 219 Å². The predicted octanol–water partition coefficient (Wildman–Crippen LogP) is 5.43. The molecule has 1 unspecified atom stereocenters. The summed E-state index contributed by atoms with van der Waals surface area (Å²) in [7, 11) is 0. The monoisotopic (exact) mass is 507 g/mol. The lowest BCUT2D eigenvalue weighted by atomic mass is 9.94. The molecular weight excluding hydrogens is 482 g/mol. The van der Waals surface area contributed by atoms with Crippen LogP contribution >= 0.6 is 0 Å². The summed E-state index contributed by atoms with van der Waals surface area (Å²) >= 11 is 0. The summed E-state index contributed by atoms with van der Waals surface area (Å²) in [6.07, 6.45) is 6.25. The molecular formula is C29H25N5O4. The predicted molar refractivity (Wildman–Crippen MR) is 144 cm³/mol. The number of fused-ring (bicyclic) bond motifs is 3. The van der Waals surface area contributed by atoms with Gasteiger partial charge in [-0.05, 0) is 55.8 Å². The number of carbonyl (C=O) groups excluding carboxylic acids is 2. The number of aromatic nitrogens is 2. The maximum atomic E-state index is 12.5. The highest BCUT2D eigenvalue weighted by Crippen LogP contribution is 2.44. The topological polar surface area (TPSA) is 117 Å². The van der Waals surface area contributed by atoms with Crippen molar-refractivity contribution < 1.29 is 19.4 Å². The molecule has 2 aromatic carbocycles.